The maximum atomic E-state index is 5.81. The van der Waals surface area contributed by atoms with Gasteiger partial charge in [0, 0.05) is 20.2 Å². The van der Waals surface area contributed by atoms with E-state index in [4.69, 9.17) is 15.2 Å². The van der Waals surface area contributed by atoms with E-state index in [2.05, 4.69) is 9.88 Å². The number of nitrogens with zero attached hydrogens (tertiary/aromatic N) is 2. The van der Waals surface area contributed by atoms with Crippen LogP contribution >= 0.6 is 0 Å². The Morgan fingerprint density at radius 2 is 2.21 bits per heavy atom. The number of pyridine rings is 1. The molecule has 0 bridgehead atoms. The van der Waals surface area contributed by atoms with Gasteiger partial charge in [0.15, 0.2) is 0 Å². The lowest BCUT2D eigenvalue weighted by molar-refractivity contribution is 0.130. The van der Waals surface area contributed by atoms with Gasteiger partial charge < -0.3 is 20.1 Å². The van der Waals surface area contributed by atoms with Crippen LogP contribution in [-0.4, -0.2) is 38.4 Å². The number of anilines is 2. The molecule has 1 aromatic rings. The molecule has 1 heterocycles. The smallest absolute Gasteiger partial charge is 0.239 e. The van der Waals surface area contributed by atoms with Crippen LogP contribution in [0, 0.1) is 5.92 Å². The van der Waals surface area contributed by atoms with Gasteiger partial charge in [-0.1, -0.05) is 0 Å². The number of aromatic nitrogens is 1. The predicted octanol–water partition coefficient (Wildman–Crippen LogP) is 1.93. The van der Waals surface area contributed by atoms with Gasteiger partial charge in [0.1, 0.15) is 5.82 Å². The van der Waals surface area contributed by atoms with E-state index in [1.807, 2.05) is 26.1 Å². The van der Waals surface area contributed by atoms with E-state index < -0.39 is 0 Å². The Morgan fingerprint density at radius 1 is 1.42 bits per heavy atom. The van der Waals surface area contributed by atoms with Gasteiger partial charge in [-0.3, -0.25) is 0 Å². The third kappa shape index (κ3) is 4.28. The molecule has 2 rings (SSSR count). The first-order chi connectivity index (χ1) is 9.20. The molecule has 0 aromatic carbocycles. The van der Waals surface area contributed by atoms with Crippen molar-refractivity contribution in [1.29, 1.82) is 0 Å². The lowest BCUT2D eigenvalue weighted by Crippen LogP contribution is -2.24. The van der Waals surface area contributed by atoms with Gasteiger partial charge in [-0.05, 0) is 37.8 Å². The molecule has 1 aliphatic rings. The highest BCUT2D eigenvalue weighted by Gasteiger charge is 2.21. The fourth-order valence-electron chi connectivity index (χ4n) is 1.76. The Balaban J connectivity index is 1.82. The Labute approximate surface area is 114 Å². The van der Waals surface area contributed by atoms with Crippen LogP contribution in [0.15, 0.2) is 12.1 Å². The molecule has 0 amide bonds. The Morgan fingerprint density at radius 3 is 2.89 bits per heavy atom. The molecule has 5 nitrogen and oxygen atoms in total. The van der Waals surface area contributed by atoms with E-state index in [1.165, 1.54) is 12.8 Å². The summed E-state index contributed by atoms with van der Waals surface area (Å²) in [6.45, 7) is 4.92. The molecule has 0 aliphatic heterocycles. The maximum Gasteiger partial charge on any atom is 0.239 e. The van der Waals surface area contributed by atoms with Crippen LogP contribution in [0.4, 0.5) is 11.5 Å². The molecular formula is C14H23N3O2. The van der Waals surface area contributed by atoms with Crippen LogP contribution in [0.3, 0.4) is 0 Å². The molecule has 0 spiro atoms. The second-order valence-electron chi connectivity index (χ2n) is 4.94. The summed E-state index contributed by atoms with van der Waals surface area (Å²) in [5.74, 6) is 2.17. The molecule has 0 atom stereocenters. The van der Waals surface area contributed by atoms with E-state index in [-0.39, 0.29) is 0 Å². The lowest BCUT2D eigenvalue weighted by Gasteiger charge is -2.19. The summed E-state index contributed by atoms with van der Waals surface area (Å²) in [7, 11) is 1.99. The Bertz CT molecular complexity index is 408. The van der Waals surface area contributed by atoms with Crippen molar-refractivity contribution in [2.24, 2.45) is 5.92 Å². The van der Waals surface area contributed by atoms with Crippen molar-refractivity contribution in [2.45, 2.75) is 19.8 Å². The van der Waals surface area contributed by atoms with Crippen LogP contribution in [0.25, 0.3) is 0 Å². The van der Waals surface area contributed by atoms with Gasteiger partial charge in [-0.2, -0.15) is 4.98 Å². The second-order valence-corrected chi connectivity index (χ2v) is 4.94. The first kappa shape index (κ1) is 13.9. The van der Waals surface area contributed by atoms with Gasteiger partial charge >= 0.3 is 0 Å². The van der Waals surface area contributed by atoms with E-state index in [1.54, 1.807) is 0 Å². The standard InChI is InChI=1S/C14H23N3O2/c1-3-19-14-12(15)6-7-13(16-14)17(2)8-9-18-10-11-4-5-11/h6-7,11H,3-5,8-10,15H2,1-2H3. The Kier molecular flexibility index (Phi) is 4.85. The monoisotopic (exact) mass is 265 g/mol. The molecule has 0 radical (unpaired) electrons. The van der Waals surface area contributed by atoms with Crippen molar-refractivity contribution in [3.8, 4) is 5.88 Å². The highest BCUT2D eigenvalue weighted by atomic mass is 16.5. The summed E-state index contributed by atoms with van der Waals surface area (Å²) >= 11 is 0. The highest BCUT2D eigenvalue weighted by Crippen LogP contribution is 2.28. The molecule has 1 saturated carbocycles. The molecule has 1 fully saturated rings. The lowest BCUT2D eigenvalue weighted by atomic mass is 10.4. The van der Waals surface area contributed by atoms with Crippen LogP contribution in [0.2, 0.25) is 0 Å². The number of rotatable bonds is 8. The molecular weight excluding hydrogens is 242 g/mol. The quantitative estimate of drug-likeness (QED) is 0.728. The largest absolute Gasteiger partial charge is 0.476 e. The summed E-state index contributed by atoms with van der Waals surface area (Å²) in [5, 5.41) is 0. The van der Waals surface area contributed by atoms with Crippen molar-refractivity contribution in [2.75, 3.05) is 44.0 Å². The fourth-order valence-corrected chi connectivity index (χ4v) is 1.76. The van der Waals surface area contributed by atoms with Gasteiger partial charge in [0.25, 0.3) is 0 Å². The third-order valence-corrected chi connectivity index (χ3v) is 3.17. The summed E-state index contributed by atoms with van der Waals surface area (Å²) in [6, 6.07) is 3.73. The van der Waals surface area contributed by atoms with Crippen LogP contribution in [0.1, 0.15) is 19.8 Å². The van der Waals surface area contributed by atoms with Crippen LogP contribution in [0.5, 0.6) is 5.88 Å². The molecule has 1 aromatic heterocycles. The number of likely N-dealkylation sites (N-methyl/N-ethyl adjacent to an activating group) is 1. The Hall–Kier alpha value is -1.49. The minimum absolute atomic E-state index is 0.505. The maximum absolute atomic E-state index is 5.81. The molecule has 0 saturated heterocycles. The minimum atomic E-state index is 0.505. The van der Waals surface area contributed by atoms with E-state index in [9.17, 15) is 0 Å². The van der Waals surface area contributed by atoms with Crippen molar-refractivity contribution < 1.29 is 9.47 Å². The molecule has 0 unspecified atom stereocenters. The predicted molar refractivity (Wildman–Crippen MR) is 76.6 cm³/mol. The van der Waals surface area contributed by atoms with Crippen LogP contribution in [-0.2, 0) is 4.74 Å². The average Bonchev–Trinajstić information content (AvgIpc) is 3.21. The first-order valence-electron chi connectivity index (χ1n) is 6.89. The summed E-state index contributed by atoms with van der Waals surface area (Å²) < 4.78 is 11.0. The zero-order chi connectivity index (χ0) is 13.7. The third-order valence-electron chi connectivity index (χ3n) is 3.17. The minimum Gasteiger partial charge on any atom is -0.476 e. The van der Waals surface area contributed by atoms with Crippen LogP contribution < -0.4 is 15.4 Å². The fraction of sp³-hybridized carbons (Fsp3) is 0.643. The molecule has 5 heteroatoms. The zero-order valence-electron chi connectivity index (χ0n) is 11.8. The first-order valence-corrected chi connectivity index (χ1v) is 6.89. The normalized spacial score (nSPS) is 14.4. The molecule has 19 heavy (non-hydrogen) atoms. The highest BCUT2D eigenvalue weighted by molar-refractivity contribution is 5.54. The summed E-state index contributed by atoms with van der Waals surface area (Å²) in [5.41, 5.74) is 6.38. The van der Waals surface area contributed by atoms with E-state index in [0.29, 0.717) is 18.2 Å². The van der Waals surface area contributed by atoms with Gasteiger partial charge in [-0.25, -0.2) is 0 Å². The number of nitrogens with two attached hydrogens (primary N) is 1. The number of nitrogen functional groups attached to an aromatic ring is 1. The molecule has 106 valence electrons. The summed E-state index contributed by atoms with van der Waals surface area (Å²) in [4.78, 5) is 6.46. The average molecular weight is 265 g/mol. The topological polar surface area (TPSA) is 60.6 Å². The van der Waals surface area contributed by atoms with E-state index >= 15 is 0 Å². The SMILES string of the molecule is CCOc1nc(N(C)CCOCC2CC2)ccc1N. The summed E-state index contributed by atoms with van der Waals surface area (Å²) in [6.07, 6.45) is 2.65. The number of ether oxygens (including phenoxy) is 2. The molecule has 2 N–H and O–H groups in total. The molecule has 1 aliphatic carbocycles. The van der Waals surface area contributed by atoms with E-state index in [0.717, 1.165) is 31.5 Å². The zero-order valence-corrected chi connectivity index (χ0v) is 11.8. The van der Waals surface area contributed by atoms with Gasteiger partial charge in [0.05, 0.1) is 18.9 Å². The van der Waals surface area contributed by atoms with Crippen molar-refractivity contribution >= 4 is 11.5 Å². The van der Waals surface area contributed by atoms with Crippen molar-refractivity contribution in [3.63, 3.8) is 0 Å². The van der Waals surface area contributed by atoms with Crippen molar-refractivity contribution in [3.05, 3.63) is 12.1 Å². The van der Waals surface area contributed by atoms with Gasteiger partial charge in [0.2, 0.25) is 5.88 Å². The van der Waals surface area contributed by atoms with Gasteiger partial charge in [-0.15, -0.1) is 0 Å². The number of hydrogen-bond donors (Lipinski definition) is 1. The number of hydrogen-bond acceptors (Lipinski definition) is 5. The second kappa shape index (κ2) is 6.61. The van der Waals surface area contributed by atoms with Crippen molar-refractivity contribution in [1.82, 2.24) is 4.98 Å².